The lowest BCUT2D eigenvalue weighted by Crippen LogP contribution is -2.49. The molecular weight excluding hydrogens is 242 g/mol. The summed E-state index contributed by atoms with van der Waals surface area (Å²) in [4.78, 5) is 32.9. The van der Waals surface area contributed by atoms with Crippen LogP contribution in [-0.4, -0.2) is 53.9 Å². The molecule has 0 aromatic heterocycles. The smallest absolute Gasteiger partial charge is 0.328 e. The van der Waals surface area contributed by atoms with Crippen LogP contribution in [0.2, 0.25) is 0 Å². The van der Waals surface area contributed by atoms with E-state index in [-0.39, 0.29) is 18.4 Å². The van der Waals surface area contributed by atoms with Gasteiger partial charge in [0.25, 0.3) is 0 Å². The van der Waals surface area contributed by atoms with Gasteiger partial charge in [-0.1, -0.05) is 0 Å². The number of carboxylic acids is 1. The zero-order chi connectivity index (χ0) is 13.5. The third-order valence-corrected chi connectivity index (χ3v) is 2.44. The first-order valence-corrected chi connectivity index (χ1v) is 5.70. The number of carboxylic acid groups (broad SMARTS) is 1. The van der Waals surface area contributed by atoms with Gasteiger partial charge in [-0.05, 0) is 12.8 Å². The van der Waals surface area contributed by atoms with E-state index in [2.05, 4.69) is 16.0 Å². The van der Waals surface area contributed by atoms with Gasteiger partial charge in [0.2, 0.25) is 5.91 Å². The standard InChI is InChI=1S/C10H17N3O5/c14-5-7(9(16)17)13-10(18)12-4-3-11-8(15)6-1-2-6/h6-7,14H,1-5H2,(H,11,15)(H,16,17)(H2,12,13,18). The molecule has 8 nitrogen and oxygen atoms in total. The molecule has 5 N–H and O–H groups in total. The topological polar surface area (TPSA) is 128 Å². The van der Waals surface area contributed by atoms with Crippen LogP contribution in [-0.2, 0) is 9.59 Å². The normalized spacial score (nSPS) is 15.6. The van der Waals surface area contributed by atoms with E-state index in [1.165, 1.54) is 0 Å². The summed E-state index contributed by atoms with van der Waals surface area (Å²) in [6.07, 6.45) is 1.83. The first-order valence-electron chi connectivity index (χ1n) is 5.70. The Hall–Kier alpha value is -1.83. The molecule has 3 amide bonds. The molecule has 1 aliphatic rings. The maximum atomic E-state index is 11.2. The molecule has 0 spiro atoms. The Labute approximate surface area is 104 Å². The molecule has 1 fully saturated rings. The van der Waals surface area contributed by atoms with Gasteiger partial charge in [-0.2, -0.15) is 0 Å². The van der Waals surface area contributed by atoms with E-state index < -0.39 is 24.6 Å². The summed E-state index contributed by atoms with van der Waals surface area (Å²) >= 11 is 0. The van der Waals surface area contributed by atoms with Gasteiger partial charge in [-0.25, -0.2) is 9.59 Å². The van der Waals surface area contributed by atoms with Crippen molar-refractivity contribution < 1.29 is 24.6 Å². The van der Waals surface area contributed by atoms with Crippen LogP contribution in [0.15, 0.2) is 0 Å². The summed E-state index contributed by atoms with van der Waals surface area (Å²) in [6, 6.07) is -2.02. The first-order chi connectivity index (χ1) is 8.54. The van der Waals surface area contributed by atoms with Crippen LogP contribution < -0.4 is 16.0 Å². The van der Waals surface area contributed by atoms with Crippen molar-refractivity contribution in [1.82, 2.24) is 16.0 Å². The summed E-state index contributed by atoms with van der Waals surface area (Å²) in [5.74, 6) is -1.21. The van der Waals surface area contributed by atoms with Crippen molar-refractivity contribution in [1.29, 1.82) is 0 Å². The molecule has 1 saturated carbocycles. The summed E-state index contributed by atoms with van der Waals surface area (Å²) in [7, 11) is 0. The highest BCUT2D eigenvalue weighted by Gasteiger charge is 2.29. The highest BCUT2D eigenvalue weighted by Crippen LogP contribution is 2.28. The molecule has 102 valence electrons. The van der Waals surface area contributed by atoms with E-state index in [1.54, 1.807) is 0 Å². The Morgan fingerprint density at radius 1 is 1.17 bits per heavy atom. The van der Waals surface area contributed by atoms with Crippen LogP contribution in [0, 0.1) is 5.92 Å². The van der Waals surface area contributed by atoms with Crippen LogP contribution in [0.3, 0.4) is 0 Å². The van der Waals surface area contributed by atoms with Gasteiger partial charge in [-0.3, -0.25) is 4.79 Å². The fourth-order valence-electron chi connectivity index (χ4n) is 1.25. The van der Waals surface area contributed by atoms with Gasteiger partial charge in [0, 0.05) is 19.0 Å². The maximum Gasteiger partial charge on any atom is 0.328 e. The third-order valence-electron chi connectivity index (χ3n) is 2.44. The van der Waals surface area contributed by atoms with Gasteiger partial charge >= 0.3 is 12.0 Å². The fraction of sp³-hybridized carbons (Fsp3) is 0.700. The largest absolute Gasteiger partial charge is 0.480 e. The van der Waals surface area contributed by atoms with E-state index in [0.717, 1.165) is 12.8 Å². The number of amides is 3. The molecule has 1 unspecified atom stereocenters. The summed E-state index contributed by atoms with van der Waals surface area (Å²) in [5.41, 5.74) is 0. The number of urea groups is 1. The zero-order valence-electron chi connectivity index (χ0n) is 9.81. The molecule has 0 aliphatic heterocycles. The van der Waals surface area contributed by atoms with Crippen molar-refractivity contribution in [3.8, 4) is 0 Å². The highest BCUT2D eigenvalue weighted by atomic mass is 16.4. The molecular formula is C10H17N3O5. The van der Waals surface area contributed by atoms with E-state index in [0.29, 0.717) is 6.54 Å². The average molecular weight is 259 g/mol. The monoisotopic (exact) mass is 259 g/mol. The van der Waals surface area contributed by atoms with E-state index >= 15 is 0 Å². The number of hydrogen-bond donors (Lipinski definition) is 5. The van der Waals surface area contributed by atoms with Crippen molar-refractivity contribution in [3.05, 3.63) is 0 Å². The van der Waals surface area contributed by atoms with Gasteiger partial charge in [-0.15, -0.1) is 0 Å². The van der Waals surface area contributed by atoms with Crippen LogP contribution in [0.1, 0.15) is 12.8 Å². The summed E-state index contributed by atoms with van der Waals surface area (Å²) in [6.45, 7) is -0.192. The van der Waals surface area contributed by atoms with E-state index in [4.69, 9.17) is 10.2 Å². The van der Waals surface area contributed by atoms with Crippen LogP contribution in [0.4, 0.5) is 4.79 Å². The number of aliphatic hydroxyl groups excluding tert-OH is 1. The molecule has 0 heterocycles. The molecule has 0 aromatic rings. The van der Waals surface area contributed by atoms with Crippen molar-refractivity contribution in [2.45, 2.75) is 18.9 Å². The molecule has 8 heteroatoms. The number of carbonyl (C=O) groups excluding carboxylic acids is 2. The minimum absolute atomic E-state index is 0.0176. The number of nitrogens with one attached hydrogen (secondary N) is 3. The molecule has 0 aromatic carbocycles. The van der Waals surface area contributed by atoms with Crippen LogP contribution in [0.5, 0.6) is 0 Å². The second-order valence-electron chi connectivity index (χ2n) is 4.04. The molecule has 1 rings (SSSR count). The minimum atomic E-state index is -1.33. The van der Waals surface area contributed by atoms with Gasteiger partial charge in [0.05, 0.1) is 6.61 Å². The number of carbonyl (C=O) groups is 3. The van der Waals surface area contributed by atoms with Crippen molar-refractivity contribution in [3.63, 3.8) is 0 Å². The highest BCUT2D eigenvalue weighted by molar-refractivity contribution is 5.83. The lowest BCUT2D eigenvalue weighted by molar-refractivity contribution is -0.140. The van der Waals surface area contributed by atoms with Gasteiger partial charge in [0.1, 0.15) is 0 Å². The second kappa shape index (κ2) is 6.80. The quantitative estimate of drug-likeness (QED) is 0.347. The van der Waals surface area contributed by atoms with E-state index in [9.17, 15) is 14.4 Å². The Balaban J connectivity index is 2.08. The Kier molecular flexibility index (Phi) is 5.37. The van der Waals surface area contributed by atoms with Crippen molar-refractivity contribution in [2.24, 2.45) is 5.92 Å². The SMILES string of the molecule is O=C(NCCNC(=O)C1CC1)NC(CO)C(=O)O. The van der Waals surface area contributed by atoms with Crippen LogP contribution in [0.25, 0.3) is 0 Å². The van der Waals surface area contributed by atoms with E-state index in [1.807, 2.05) is 0 Å². The predicted octanol–water partition coefficient (Wildman–Crippen LogP) is -1.74. The molecule has 0 bridgehead atoms. The maximum absolute atomic E-state index is 11.2. The lowest BCUT2D eigenvalue weighted by Gasteiger charge is -2.12. The number of hydrogen-bond acceptors (Lipinski definition) is 4. The van der Waals surface area contributed by atoms with Crippen LogP contribution >= 0.6 is 0 Å². The third kappa shape index (κ3) is 5.00. The molecule has 0 radical (unpaired) electrons. The fourth-order valence-corrected chi connectivity index (χ4v) is 1.25. The molecule has 0 saturated heterocycles. The Morgan fingerprint density at radius 2 is 1.78 bits per heavy atom. The second-order valence-corrected chi connectivity index (χ2v) is 4.04. The number of rotatable bonds is 7. The van der Waals surface area contributed by atoms with Gasteiger partial charge in [0.15, 0.2) is 6.04 Å². The summed E-state index contributed by atoms with van der Waals surface area (Å²) in [5, 5.41) is 24.4. The molecule has 1 atom stereocenters. The number of aliphatic hydroxyl groups is 1. The number of aliphatic carboxylic acids is 1. The Morgan fingerprint density at radius 3 is 2.28 bits per heavy atom. The molecule has 18 heavy (non-hydrogen) atoms. The zero-order valence-corrected chi connectivity index (χ0v) is 9.81. The minimum Gasteiger partial charge on any atom is -0.480 e. The summed E-state index contributed by atoms with van der Waals surface area (Å²) < 4.78 is 0. The van der Waals surface area contributed by atoms with Gasteiger partial charge < -0.3 is 26.2 Å². The lowest BCUT2D eigenvalue weighted by atomic mass is 10.3. The molecule has 1 aliphatic carbocycles. The Bertz CT molecular complexity index is 329. The first kappa shape index (κ1) is 14.2. The average Bonchev–Trinajstić information content (AvgIpc) is 3.14. The van der Waals surface area contributed by atoms with Crippen molar-refractivity contribution in [2.75, 3.05) is 19.7 Å². The van der Waals surface area contributed by atoms with Crippen molar-refractivity contribution >= 4 is 17.9 Å². The predicted molar refractivity (Wildman–Crippen MR) is 60.8 cm³/mol.